The van der Waals surface area contributed by atoms with E-state index in [-0.39, 0.29) is 0 Å². The Hall–Kier alpha value is -6.00. The molecule has 0 saturated heterocycles. The van der Waals surface area contributed by atoms with Crippen molar-refractivity contribution in [1.29, 1.82) is 0 Å². The first-order chi connectivity index (χ1) is 22.3. The molecule has 1 unspecified atom stereocenters. The van der Waals surface area contributed by atoms with Crippen molar-refractivity contribution in [2.45, 2.75) is 6.17 Å². The number of para-hydroxylation sites is 3. The number of amidine groups is 2. The molecule has 0 radical (unpaired) electrons. The Labute approximate surface area is 260 Å². The molecule has 0 spiro atoms. The van der Waals surface area contributed by atoms with Gasteiger partial charge in [-0.15, -0.1) is 0 Å². The van der Waals surface area contributed by atoms with Gasteiger partial charge in [0.2, 0.25) is 0 Å². The van der Waals surface area contributed by atoms with Crippen LogP contribution in [0.4, 0.5) is 0 Å². The smallest absolute Gasteiger partial charge is 0.170 e. The molecule has 45 heavy (non-hydrogen) atoms. The molecule has 0 fully saturated rings. The molecule has 212 valence electrons. The Morgan fingerprint density at radius 2 is 1.02 bits per heavy atom. The van der Waals surface area contributed by atoms with Gasteiger partial charge >= 0.3 is 0 Å². The SMILES string of the molecule is c1ccc(C2=NC(c3cc4ccccc4c4ccccc34)N=C(c3ccccc3-n3c4ccccc4c4ccccc43)N2)cc1. The molecule has 1 aliphatic heterocycles. The quantitative estimate of drug-likeness (QED) is 0.208. The van der Waals surface area contributed by atoms with E-state index in [2.05, 4.69) is 162 Å². The fourth-order valence-electron chi connectivity index (χ4n) is 6.82. The minimum atomic E-state index is -0.433. The fraction of sp³-hybridized carbons (Fsp3) is 0.0244. The van der Waals surface area contributed by atoms with Gasteiger partial charge < -0.3 is 9.88 Å². The summed E-state index contributed by atoms with van der Waals surface area (Å²) in [5.74, 6) is 1.60. The van der Waals surface area contributed by atoms with Gasteiger partial charge in [0.05, 0.1) is 16.7 Å². The fourth-order valence-corrected chi connectivity index (χ4v) is 6.82. The molecule has 1 N–H and O–H groups in total. The number of nitrogens with zero attached hydrogens (tertiary/aromatic N) is 3. The lowest BCUT2D eigenvalue weighted by molar-refractivity contribution is 0.763. The molecule has 0 saturated carbocycles. The third-order valence-electron chi connectivity index (χ3n) is 8.85. The minimum absolute atomic E-state index is 0.433. The van der Waals surface area contributed by atoms with Crippen molar-refractivity contribution < 1.29 is 0 Å². The van der Waals surface area contributed by atoms with Crippen molar-refractivity contribution >= 4 is 55.0 Å². The molecule has 2 heterocycles. The van der Waals surface area contributed by atoms with Gasteiger partial charge in [0.15, 0.2) is 6.17 Å². The second-order valence-corrected chi connectivity index (χ2v) is 11.4. The molecule has 0 bridgehead atoms. The van der Waals surface area contributed by atoms with Crippen molar-refractivity contribution in [1.82, 2.24) is 9.88 Å². The van der Waals surface area contributed by atoms with Crippen LogP contribution in [0.15, 0.2) is 168 Å². The highest BCUT2D eigenvalue weighted by molar-refractivity contribution is 6.18. The lowest BCUT2D eigenvalue weighted by Crippen LogP contribution is -2.36. The zero-order valence-corrected chi connectivity index (χ0v) is 24.4. The van der Waals surface area contributed by atoms with Crippen LogP contribution in [0.1, 0.15) is 22.9 Å². The maximum atomic E-state index is 5.39. The molecule has 0 amide bonds. The van der Waals surface area contributed by atoms with Gasteiger partial charge in [-0.3, -0.25) is 0 Å². The van der Waals surface area contributed by atoms with E-state index >= 15 is 0 Å². The third-order valence-corrected chi connectivity index (χ3v) is 8.85. The zero-order chi connectivity index (χ0) is 29.7. The topological polar surface area (TPSA) is 41.7 Å². The number of aromatic nitrogens is 1. The van der Waals surface area contributed by atoms with E-state index < -0.39 is 6.17 Å². The van der Waals surface area contributed by atoms with E-state index in [4.69, 9.17) is 9.98 Å². The van der Waals surface area contributed by atoms with E-state index in [1.165, 1.54) is 26.9 Å². The molecule has 1 atom stereocenters. The molecule has 7 aromatic carbocycles. The van der Waals surface area contributed by atoms with Crippen LogP contribution in [0.3, 0.4) is 0 Å². The van der Waals surface area contributed by atoms with E-state index in [1.54, 1.807) is 0 Å². The Balaban J connectivity index is 1.30. The summed E-state index contributed by atoms with van der Waals surface area (Å²) < 4.78 is 2.36. The number of fused-ring (bicyclic) bond motifs is 6. The lowest BCUT2D eigenvalue weighted by Gasteiger charge is -2.25. The Morgan fingerprint density at radius 1 is 0.467 bits per heavy atom. The summed E-state index contributed by atoms with van der Waals surface area (Å²) in [5, 5.41) is 10.9. The van der Waals surface area contributed by atoms with Gasteiger partial charge in [0.25, 0.3) is 0 Å². The van der Waals surface area contributed by atoms with Crippen LogP contribution >= 0.6 is 0 Å². The molecular weight excluding hydrogens is 548 g/mol. The molecule has 1 aliphatic rings. The number of hydrogen-bond donors (Lipinski definition) is 1. The number of aliphatic imine (C=N–C) groups is 2. The standard InChI is InChI=1S/C41H28N4/c1-2-14-27(15-3-1)39-42-40(44-41(43-39)35-26-28-16-4-5-17-29(28)30-18-6-7-19-31(30)35)34-22-10-13-25-38(34)45-36-23-11-8-20-32(36)33-21-9-12-24-37(33)45/h1-26,41H,(H,42,43,44). The van der Waals surface area contributed by atoms with Crippen molar-refractivity contribution in [2.24, 2.45) is 9.98 Å². The first kappa shape index (κ1) is 25.5. The van der Waals surface area contributed by atoms with E-state index in [0.29, 0.717) is 0 Å². The highest BCUT2D eigenvalue weighted by Crippen LogP contribution is 2.37. The Kier molecular flexibility index (Phi) is 5.85. The van der Waals surface area contributed by atoms with Crippen LogP contribution in [-0.2, 0) is 0 Å². The van der Waals surface area contributed by atoms with Crippen molar-refractivity contribution in [3.63, 3.8) is 0 Å². The van der Waals surface area contributed by atoms with Crippen molar-refractivity contribution in [3.8, 4) is 5.69 Å². The van der Waals surface area contributed by atoms with Crippen LogP contribution in [0.5, 0.6) is 0 Å². The summed E-state index contributed by atoms with van der Waals surface area (Å²) >= 11 is 0. The van der Waals surface area contributed by atoms with E-state index in [0.717, 1.165) is 50.5 Å². The van der Waals surface area contributed by atoms with Gasteiger partial charge in [0.1, 0.15) is 11.7 Å². The van der Waals surface area contributed by atoms with Crippen LogP contribution < -0.4 is 5.32 Å². The van der Waals surface area contributed by atoms with Gasteiger partial charge in [-0.1, -0.05) is 127 Å². The van der Waals surface area contributed by atoms with Crippen molar-refractivity contribution in [3.05, 3.63) is 174 Å². The second-order valence-electron chi connectivity index (χ2n) is 11.4. The van der Waals surface area contributed by atoms with Crippen LogP contribution in [0, 0.1) is 0 Å². The number of benzene rings is 7. The Bertz CT molecular complexity index is 2410. The number of hydrogen-bond acceptors (Lipinski definition) is 3. The predicted octanol–water partition coefficient (Wildman–Crippen LogP) is 9.59. The third kappa shape index (κ3) is 4.15. The summed E-state index contributed by atoms with van der Waals surface area (Å²) in [4.78, 5) is 10.6. The zero-order valence-electron chi connectivity index (χ0n) is 24.4. The second kappa shape index (κ2) is 10.3. The normalized spacial score (nSPS) is 14.9. The van der Waals surface area contributed by atoms with Crippen molar-refractivity contribution in [2.75, 3.05) is 0 Å². The molecule has 9 rings (SSSR count). The molecule has 4 heteroatoms. The first-order valence-electron chi connectivity index (χ1n) is 15.3. The van der Waals surface area contributed by atoms with Gasteiger partial charge in [0, 0.05) is 27.5 Å². The molecule has 0 aliphatic carbocycles. The van der Waals surface area contributed by atoms with Crippen LogP contribution in [-0.4, -0.2) is 16.2 Å². The first-order valence-corrected chi connectivity index (χ1v) is 15.3. The van der Waals surface area contributed by atoms with Crippen LogP contribution in [0.2, 0.25) is 0 Å². The highest BCUT2D eigenvalue weighted by atomic mass is 15.2. The summed E-state index contributed by atoms with van der Waals surface area (Å²) in [6.45, 7) is 0. The Morgan fingerprint density at radius 3 is 1.78 bits per heavy atom. The van der Waals surface area contributed by atoms with Crippen LogP contribution in [0.25, 0.3) is 49.0 Å². The van der Waals surface area contributed by atoms with E-state index in [9.17, 15) is 0 Å². The largest absolute Gasteiger partial charge is 0.324 e. The summed E-state index contributed by atoms with van der Waals surface area (Å²) in [7, 11) is 0. The summed E-state index contributed by atoms with van der Waals surface area (Å²) in [5.41, 5.74) is 6.52. The summed E-state index contributed by atoms with van der Waals surface area (Å²) in [6.07, 6.45) is -0.433. The van der Waals surface area contributed by atoms with Gasteiger partial charge in [-0.05, 0) is 51.9 Å². The maximum Gasteiger partial charge on any atom is 0.170 e. The molecule has 1 aromatic heterocycles. The molecule has 8 aromatic rings. The van der Waals surface area contributed by atoms with E-state index in [1.807, 2.05) is 6.07 Å². The maximum absolute atomic E-state index is 5.39. The van der Waals surface area contributed by atoms with Gasteiger partial charge in [-0.2, -0.15) is 0 Å². The molecular formula is C41H28N4. The highest BCUT2D eigenvalue weighted by Gasteiger charge is 2.25. The molecule has 4 nitrogen and oxygen atoms in total. The van der Waals surface area contributed by atoms with Gasteiger partial charge in [-0.25, -0.2) is 9.98 Å². The number of nitrogens with one attached hydrogen (secondary N) is 1. The monoisotopic (exact) mass is 576 g/mol. The average molecular weight is 577 g/mol. The number of rotatable bonds is 4. The predicted molar refractivity (Wildman–Crippen MR) is 188 cm³/mol. The summed E-state index contributed by atoms with van der Waals surface area (Å²) in [6, 6.07) is 55.6. The lowest BCUT2D eigenvalue weighted by atomic mass is 9.95. The minimum Gasteiger partial charge on any atom is -0.324 e. The average Bonchev–Trinajstić information content (AvgIpc) is 3.46.